The zero-order valence-corrected chi connectivity index (χ0v) is 16.0. The molecular weight excluding hydrogens is 406 g/mol. The maximum Gasteiger partial charge on any atom is 0.421 e. The van der Waals surface area contributed by atoms with Gasteiger partial charge in [-0.3, -0.25) is 0 Å². The molecule has 1 saturated carbocycles. The highest BCUT2D eigenvalue weighted by atomic mass is 19.4. The van der Waals surface area contributed by atoms with Crippen molar-refractivity contribution in [1.82, 2.24) is 15.1 Å². The molecule has 2 aliphatic rings. The second-order valence-electron chi connectivity index (χ2n) is 7.82. The molecule has 0 spiro atoms. The molecule has 2 fully saturated rings. The molecule has 1 saturated heterocycles. The molecule has 1 N–H and O–H groups in total. The molecule has 30 heavy (non-hydrogen) atoms. The number of ether oxygens (including phenoxy) is 1. The van der Waals surface area contributed by atoms with E-state index in [1.54, 1.807) is 6.92 Å². The van der Waals surface area contributed by atoms with Crippen LogP contribution in [0.3, 0.4) is 0 Å². The Hall–Kier alpha value is -2.91. The Morgan fingerprint density at radius 3 is 2.43 bits per heavy atom. The molecule has 2 aromatic rings. The van der Waals surface area contributed by atoms with E-state index in [1.807, 2.05) is 0 Å². The van der Waals surface area contributed by atoms with Crippen LogP contribution in [-0.4, -0.2) is 45.5 Å². The SMILES string of the molecule is Cc1ccc(F)cc1-c1cc(C(F)(F)F)c(O[C@@H]2C[C@@H]3CN(C(=O)O)C[C@@H]3C2)nn1. The van der Waals surface area contributed by atoms with Crippen molar-refractivity contribution in [2.24, 2.45) is 11.8 Å². The van der Waals surface area contributed by atoms with Gasteiger partial charge in [0.05, 0.1) is 5.69 Å². The number of rotatable bonds is 3. The zero-order chi connectivity index (χ0) is 21.6. The maximum absolute atomic E-state index is 13.7. The van der Waals surface area contributed by atoms with Crippen molar-refractivity contribution in [3.8, 4) is 17.1 Å². The number of amides is 1. The van der Waals surface area contributed by atoms with Crippen LogP contribution in [0, 0.1) is 24.6 Å². The quantitative estimate of drug-likeness (QED) is 0.739. The number of carbonyl (C=O) groups is 1. The lowest BCUT2D eigenvalue weighted by Gasteiger charge is -2.19. The third-order valence-electron chi connectivity index (χ3n) is 5.80. The molecule has 0 bridgehead atoms. The normalized spacial score (nSPS) is 23.5. The van der Waals surface area contributed by atoms with E-state index >= 15 is 0 Å². The van der Waals surface area contributed by atoms with Gasteiger partial charge >= 0.3 is 12.3 Å². The van der Waals surface area contributed by atoms with Crippen molar-refractivity contribution in [2.75, 3.05) is 13.1 Å². The molecule has 1 aliphatic carbocycles. The van der Waals surface area contributed by atoms with Gasteiger partial charge in [-0.25, -0.2) is 9.18 Å². The van der Waals surface area contributed by atoms with E-state index in [2.05, 4.69) is 10.2 Å². The number of halogens is 4. The molecule has 2 heterocycles. The Balaban J connectivity index is 1.57. The Morgan fingerprint density at radius 2 is 1.83 bits per heavy atom. The number of nitrogens with zero attached hydrogens (tertiary/aromatic N) is 3. The van der Waals surface area contributed by atoms with Gasteiger partial charge in [0.1, 0.15) is 17.5 Å². The summed E-state index contributed by atoms with van der Waals surface area (Å²) in [7, 11) is 0. The second-order valence-corrected chi connectivity index (χ2v) is 7.82. The summed E-state index contributed by atoms with van der Waals surface area (Å²) in [6.45, 7) is 2.36. The number of aryl methyl sites for hydroxylation is 1. The molecule has 1 amide bonds. The molecule has 10 heteroatoms. The summed E-state index contributed by atoms with van der Waals surface area (Å²) >= 11 is 0. The van der Waals surface area contributed by atoms with Crippen LogP contribution in [0.15, 0.2) is 24.3 Å². The van der Waals surface area contributed by atoms with Crippen molar-refractivity contribution < 1.29 is 32.2 Å². The van der Waals surface area contributed by atoms with Crippen molar-refractivity contribution in [2.45, 2.75) is 32.0 Å². The number of hydrogen-bond acceptors (Lipinski definition) is 4. The van der Waals surface area contributed by atoms with Crippen LogP contribution in [-0.2, 0) is 6.18 Å². The lowest BCUT2D eigenvalue weighted by atomic mass is 10.0. The molecule has 0 radical (unpaired) electrons. The summed E-state index contributed by atoms with van der Waals surface area (Å²) < 4.78 is 60.2. The van der Waals surface area contributed by atoms with Gasteiger partial charge in [-0.1, -0.05) is 6.07 Å². The van der Waals surface area contributed by atoms with Crippen LogP contribution in [0.1, 0.15) is 24.0 Å². The average Bonchev–Trinajstić information content (AvgIpc) is 3.22. The number of benzene rings is 1. The first-order valence-electron chi connectivity index (χ1n) is 9.47. The molecule has 1 aromatic heterocycles. The second kappa shape index (κ2) is 7.41. The topological polar surface area (TPSA) is 75.5 Å². The molecule has 6 nitrogen and oxygen atoms in total. The fourth-order valence-electron chi connectivity index (χ4n) is 4.33. The van der Waals surface area contributed by atoms with Gasteiger partial charge in [-0.2, -0.15) is 13.2 Å². The summed E-state index contributed by atoms with van der Waals surface area (Å²) in [5, 5.41) is 16.6. The van der Waals surface area contributed by atoms with Crippen LogP contribution in [0.5, 0.6) is 5.88 Å². The molecule has 0 unspecified atom stereocenters. The first-order valence-corrected chi connectivity index (χ1v) is 9.47. The first-order chi connectivity index (χ1) is 14.1. The summed E-state index contributed by atoms with van der Waals surface area (Å²) in [6, 6.07) is 4.62. The molecular formula is C20H19F4N3O3. The van der Waals surface area contributed by atoms with Crippen LogP contribution in [0.2, 0.25) is 0 Å². The predicted octanol–water partition coefficient (Wildman–Crippen LogP) is 4.38. The van der Waals surface area contributed by atoms with E-state index in [9.17, 15) is 22.4 Å². The van der Waals surface area contributed by atoms with Gasteiger partial charge in [-0.05, 0) is 55.4 Å². The van der Waals surface area contributed by atoms with E-state index in [4.69, 9.17) is 9.84 Å². The van der Waals surface area contributed by atoms with E-state index in [0.717, 1.165) is 12.1 Å². The highest BCUT2D eigenvalue weighted by molar-refractivity contribution is 5.65. The van der Waals surface area contributed by atoms with Crippen LogP contribution in [0.25, 0.3) is 11.3 Å². The number of alkyl halides is 3. The third-order valence-corrected chi connectivity index (χ3v) is 5.80. The number of aromatic nitrogens is 2. The van der Waals surface area contributed by atoms with E-state index in [1.165, 1.54) is 17.0 Å². The highest BCUT2D eigenvalue weighted by Gasteiger charge is 2.44. The summed E-state index contributed by atoms with van der Waals surface area (Å²) in [5.41, 5.74) is -0.366. The number of likely N-dealkylation sites (tertiary alicyclic amines) is 1. The van der Waals surface area contributed by atoms with Gasteiger partial charge in [0.25, 0.3) is 0 Å². The van der Waals surface area contributed by atoms with Gasteiger partial charge in [-0.15, -0.1) is 10.2 Å². The monoisotopic (exact) mass is 425 g/mol. The Labute approximate surface area is 169 Å². The smallest absolute Gasteiger partial charge is 0.421 e. The van der Waals surface area contributed by atoms with Crippen LogP contribution >= 0.6 is 0 Å². The lowest BCUT2D eigenvalue weighted by molar-refractivity contribution is -0.139. The molecule has 4 rings (SSSR count). The fraction of sp³-hybridized carbons (Fsp3) is 0.450. The van der Waals surface area contributed by atoms with Crippen LogP contribution in [0.4, 0.5) is 22.4 Å². The molecule has 1 aromatic carbocycles. The maximum atomic E-state index is 13.7. The van der Waals surface area contributed by atoms with Gasteiger partial charge in [0.15, 0.2) is 0 Å². The molecule has 1 aliphatic heterocycles. The Kier molecular flexibility index (Phi) is 5.03. The summed E-state index contributed by atoms with van der Waals surface area (Å²) in [5.74, 6) is -1.08. The zero-order valence-electron chi connectivity index (χ0n) is 16.0. The Morgan fingerprint density at radius 1 is 1.17 bits per heavy atom. The summed E-state index contributed by atoms with van der Waals surface area (Å²) in [4.78, 5) is 12.4. The van der Waals surface area contributed by atoms with E-state index < -0.39 is 35.6 Å². The predicted molar refractivity (Wildman–Crippen MR) is 97.4 cm³/mol. The van der Waals surface area contributed by atoms with Gasteiger partial charge in [0, 0.05) is 18.7 Å². The summed E-state index contributed by atoms with van der Waals surface area (Å²) in [6.07, 6.45) is -5.30. The minimum atomic E-state index is -4.73. The molecule has 160 valence electrons. The average molecular weight is 425 g/mol. The van der Waals surface area contributed by atoms with Crippen molar-refractivity contribution in [3.05, 3.63) is 41.2 Å². The van der Waals surface area contributed by atoms with Gasteiger partial charge < -0.3 is 14.7 Å². The van der Waals surface area contributed by atoms with Crippen molar-refractivity contribution in [1.29, 1.82) is 0 Å². The first kappa shape index (κ1) is 20.4. The largest absolute Gasteiger partial charge is 0.473 e. The van der Waals surface area contributed by atoms with E-state index in [0.29, 0.717) is 31.5 Å². The molecule has 3 atom stereocenters. The minimum Gasteiger partial charge on any atom is -0.473 e. The van der Waals surface area contributed by atoms with Crippen molar-refractivity contribution >= 4 is 6.09 Å². The number of hydrogen-bond donors (Lipinski definition) is 1. The Bertz CT molecular complexity index is 968. The fourth-order valence-corrected chi connectivity index (χ4v) is 4.33. The third kappa shape index (κ3) is 3.90. The number of fused-ring (bicyclic) bond motifs is 1. The van der Waals surface area contributed by atoms with Crippen LogP contribution < -0.4 is 4.74 Å². The lowest BCUT2D eigenvalue weighted by Crippen LogP contribution is -2.29. The van der Waals surface area contributed by atoms with Gasteiger partial charge in [0.2, 0.25) is 5.88 Å². The highest BCUT2D eigenvalue weighted by Crippen LogP contribution is 2.42. The number of carboxylic acid groups (broad SMARTS) is 1. The van der Waals surface area contributed by atoms with E-state index in [-0.39, 0.29) is 23.1 Å². The minimum absolute atomic E-state index is 0.0580. The van der Waals surface area contributed by atoms with Crippen molar-refractivity contribution in [3.63, 3.8) is 0 Å². The standard InChI is InChI=1S/C20H19F4N3O3/c1-10-2-3-13(21)6-15(10)17-7-16(20(22,23)24)18(26-25-17)30-14-4-11-8-27(19(28)29)9-12(11)5-14/h2-3,6-7,11-12,14H,4-5,8-9H2,1H3,(H,28,29)/t11-,12+,14-.